The summed E-state index contributed by atoms with van der Waals surface area (Å²) in [7, 11) is 0. The third-order valence-corrected chi connectivity index (χ3v) is 8.38. The highest BCUT2D eigenvalue weighted by atomic mass is 35.5. The predicted octanol–water partition coefficient (Wildman–Crippen LogP) is 3.64. The summed E-state index contributed by atoms with van der Waals surface area (Å²) in [6.07, 6.45) is 3.73. The lowest BCUT2D eigenvalue weighted by molar-refractivity contribution is 0.103. The van der Waals surface area contributed by atoms with Gasteiger partial charge in [-0.25, -0.2) is 4.98 Å². The number of para-hydroxylation sites is 1. The number of piperazine rings is 1. The summed E-state index contributed by atoms with van der Waals surface area (Å²) in [5, 5.41) is 16.4. The van der Waals surface area contributed by atoms with Gasteiger partial charge in [0, 0.05) is 45.8 Å². The molecule has 0 saturated carbocycles. The third-order valence-electron chi connectivity index (χ3n) is 7.16. The van der Waals surface area contributed by atoms with Crippen LogP contribution in [0.15, 0.2) is 24.4 Å². The zero-order valence-electron chi connectivity index (χ0n) is 22.2. The summed E-state index contributed by atoms with van der Waals surface area (Å²) in [6, 6.07) is 5.49. The molecule has 2 aliphatic heterocycles. The van der Waals surface area contributed by atoms with Gasteiger partial charge in [-0.1, -0.05) is 42.0 Å². The van der Waals surface area contributed by atoms with Crippen LogP contribution in [-0.4, -0.2) is 88.3 Å². The average Bonchev–Trinajstić information content (AvgIpc) is 3.40. The van der Waals surface area contributed by atoms with Crippen LogP contribution < -0.4 is 20.4 Å². The molecular weight excluding hydrogens is 538 g/mol. The van der Waals surface area contributed by atoms with Crippen LogP contribution in [0.3, 0.4) is 0 Å². The van der Waals surface area contributed by atoms with Crippen molar-refractivity contribution in [1.29, 1.82) is 0 Å². The number of nitrogens with one attached hydrogen (secondary N) is 2. The standard InChI is InChI=1S/C26H34ClN9O2S/c1-17-6-8-35(9-7-17)24-30-23(31-25(33-24)36-12-10-34(11-13-36)14-15-37)32-26-28-16-20(39-26)22(38)29-21-18(2)4-3-5-19(21)27/h3-5,16-17,37H,6-15H2,1-2H3,(H,29,38)(H,28,30,31,32,33). The van der Waals surface area contributed by atoms with Crippen LogP contribution in [0.2, 0.25) is 5.02 Å². The van der Waals surface area contributed by atoms with E-state index in [-0.39, 0.29) is 12.5 Å². The van der Waals surface area contributed by atoms with E-state index in [2.05, 4.69) is 37.2 Å². The molecule has 0 atom stereocenters. The number of β-amino-alcohol motifs (C(OH)–C–C–N with tert-alkyl or cyclic N) is 1. The molecule has 0 aliphatic carbocycles. The highest BCUT2D eigenvalue weighted by Crippen LogP contribution is 2.29. The number of halogens is 1. The number of rotatable bonds is 8. The number of hydrogen-bond acceptors (Lipinski definition) is 11. The zero-order chi connectivity index (χ0) is 27.4. The number of nitrogens with zero attached hydrogens (tertiary/aromatic N) is 7. The molecule has 0 bridgehead atoms. The van der Waals surface area contributed by atoms with Gasteiger partial charge in [0.2, 0.25) is 17.8 Å². The fourth-order valence-corrected chi connectivity index (χ4v) is 5.69. The summed E-state index contributed by atoms with van der Waals surface area (Å²) in [5.74, 6) is 2.07. The first-order chi connectivity index (χ1) is 18.9. The molecule has 1 amide bonds. The van der Waals surface area contributed by atoms with Crippen molar-refractivity contribution in [3.8, 4) is 0 Å². The largest absolute Gasteiger partial charge is 0.395 e. The molecule has 39 heavy (non-hydrogen) atoms. The number of carbonyl (C=O) groups is 1. The Morgan fingerprint density at radius 1 is 1.08 bits per heavy atom. The summed E-state index contributed by atoms with van der Waals surface area (Å²) < 4.78 is 0. The number of piperidine rings is 1. The lowest BCUT2D eigenvalue weighted by atomic mass is 10.00. The third kappa shape index (κ3) is 6.75. The molecule has 11 nitrogen and oxygen atoms in total. The Labute approximate surface area is 237 Å². The minimum absolute atomic E-state index is 0.156. The normalized spacial score (nSPS) is 16.9. The number of benzene rings is 1. The van der Waals surface area contributed by atoms with Gasteiger partial charge in [-0.15, -0.1) is 0 Å². The number of hydrogen-bond donors (Lipinski definition) is 3. The molecule has 3 N–H and O–H groups in total. The van der Waals surface area contributed by atoms with Gasteiger partial charge in [-0.05, 0) is 37.3 Å². The van der Waals surface area contributed by atoms with Crippen LogP contribution in [0.5, 0.6) is 0 Å². The minimum atomic E-state index is -0.281. The van der Waals surface area contributed by atoms with E-state index in [1.165, 1.54) is 17.5 Å². The maximum Gasteiger partial charge on any atom is 0.267 e. The summed E-state index contributed by atoms with van der Waals surface area (Å²) in [5.41, 5.74) is 1.47. The second-order valence-electron chi connectivity index (χ2n) is 10.0. The lowest BCUT2D eigenvalue weighted by Crippen LogP contribution is -2.48. The van der Waals surface area contributed by atoms with Gasteiger partial charge < -0.3 is 20.2 Å². The number of aromatic nitrogens is 4. The Kier molecular flexibility index (Phi) is 8.75. The molecule has 2 saturated heterocycles. The summed E-state index contributed by atoms with van der Waals surface area (Å²) >= 11 is 7.50. The van der Waals surface area contributed by atoms with E-state index >= 15 is 0 Å². The van der Waals surface area contributed by atoms with E-state index in [0.717, 1.165) is 57.7 Å². The number of amides is 1. The molecule has 2 aromatic heterocycles. The number of aryl methyl sites for hydroxylation is 1. The van der Waals surface area contributed by atoms with Crippen LogP contribution in [0.1, 0.15) is 35.0 Å². The Morgan fingerprint density at radius 2 is 1.77 bits per heavy atom. The van der Waals surface area contributed by atoms with Crippen molar-refractivity contribution < 1.29 is 9.90 Å². The molecule has 5 rings (SSSR count). The van der Waals surface area contributed by atoms with E-state index in [0.29, 0.717) is 51.0 Å². The van der Waals surface area contributed by atoms with Crippen LogP contribution in [0.4, 0.5) is 28.7 Å². The van der Waals surface area contributed by atoms with Gasteiger partial charge in [0.1, 0.15) is 4.88 Å². The fraction of sp³-hybridized carbons (Fsp3) is 0.500. The molecule has 0 spiro atoms. The molecule has 4 heterocycles. The van der Waals surface area contributed by atoms with Crippen LogP contribution >= 0.6 is 22.9 Å². The smallest absolute Gasteiger partial charge is 0.267 e. The van der Waals surface area contributed by atoms with Crippen molar-refractivity contribution in [3.63, 3.8) is 0 Å². The van der Waals surface area contributed by atoms with E-state index in [4.69, 9.17) is 26.6 Å². The average molecular weight is 572 g/mol. The van der Waals surface area contributed by atoms with Gasteiger partial charge in [-0.3, -0.25) is 15.0 Å². The SMILES string of the molecule is Cc1cccc(Cl)c1NC(=O)c1cnc(Nc2nc(N3CCC(C)CC3)nc(N3CCN(CCO)CC3)n2)s1. The first-order valence-corrected chi connectivity index (χ1v) is 14.5. The van der Waals surface area contributed by atoms with Crippen molar-refractivity contribution in [2.75, 3.05) is 72.9 Å². The molecule has 0 unspecified atom stereocenters. The lowest BCUT2D eigenvalue weighted by Gasteiger charge is -2.35. The highest BCUT2D eigenvalue weighted by Gasteiger charge is 2.24. The first kappa shape index (κ1) is 27.5. The van der Waals surface area contributed by atoms with Crippen molar-refractivity contribution in [1.82, 2.24) is 24.8 Å². The Morgan fingerprint density at radius 3 is 2.44 bits per heavy atom. The second-order valence-corrected chi connectivity index (χ2v) is 11.5. The molecule has 3 aromatic rings. The van der Waals surface area contributed by atoms with E-state index in [9.17, 15) is 9.90 Å². The quantitative estimate of drug-likeness (QED) is 0.369. The van der Waals surface area contributed by atoms with Crippen molar-refractivity contribution in [3.05, 3.63) is 39.9 Å². The van der Waals surface area contributed by atoms with E-state index in [1.807, 2.05) is 19.1 Å². The van der Waals surface area contributed by atoms with Crippen LogP contribution in [0, 0.1) is 12.8 Å². The highest BCUT2D eigenvalue weighted by molar-refractivity contribution is 7.17. The second kappa shape index (κ2) is 12.4. The van der Waals surface area contributed by atoms with Crippen LogP contribution in [0.25, 0.3) is 0 Å². The molecule has 208 valence electrons. The zero-order valence-corrected chi connectivity index (χ0v) is 23.8. The monoisotopic (exact) mass is 571 g/mol. The number of thiazole rings is 1. The molecule has 2 fully saturated rings. The van der Waals surface area contributed by atoms with Gasteiger partial charge in [-0.2, -0.15) is 15.0 Å². The number of carbonyl (C=O) groups excluding carboxylic acids is 1. The predicted molar refractivity (Wildman–Crippen MR) is 156 cm³/mol. The van der Waals surface area contributed by atoms with Gasteiger partial charge >= 0.3 is 0 Å². The van der Waals surface area contributed by atoms with Crippen molar-refractivity contribution in [2.45, 2.75) is 26.7 Å². The Bertz CT molecular complexity index is 1270. The van der Waals surface area contributed by atoms with Gasteiger partial charge in [0.05, 0.1) is 23.5 Å². The van der Waals surface area contributed by atoms with E-state index in [1.54, 1.807) is 6.07 Å². The van der Waals surface area contributed by atoms with E-state index < -0.39 is 0 Å². The Hall–Kier alpha value is -3.06. The summed E-state index contributed by atoms with van der Waals surface area (Å²) in [6.45, 7) is 10.0. The summed E-state index contributed by atoms with van der Waals surface area (Å²) in [4.78, 5) is 38.6. The fourth-order valence-electron chi connectivity index (χ4n) is 4.71. The molecular formula is C26H34ClN9O2S. The van der Waals surface area contributed by atoms with Crippen molar-refractivity contribution >= 4 is 57.5 Å². The molecule has 0 radical (unpaired) electrons. The molecule has 1 aromatic carbocycles. The number of aliphatic hydroxyl groups excluding tert-OH is 1. The number of aliphatic hydroxyl groups is 1. The topological polar surface area (TPSA) is 123 Å². The maximum absolute atomic E-state index is 12.9. The molecule has 13 heteroatoms. The van der Waals surface area contributed by atoms with Gasteiger partial charge in [0.25, 0.3) is 5.91 Å². The van der Waals surface area contributed by atoms with Gasteiger partial charge in [0.15, 0.2) is 5.13 Å². The van der Waals surface area contributed by atoms with Crippen molar-refractivity contribution in [2.24, 2.45) is 5.92 Å². The minimum Gasteiger partial charge on any atom is -0.395 e. The number of anilines is 5. The Balaban J connectivity index is 1.34. The molecule has 2 aliphatic rings. The van der Waals surface area contributed by atoms with Crippen LogP contribution in [-0.2, 0) is 0 Å². The first-order valence-electron chi connectivity index (χ1n) is 13.3. The maximum atomic E-state index is 12.9.